The van der Waals surface area contributed by atoms with E-state index in [9.17, 15) is 4.79 Å². The molecule has 0 atom stereocenters. The molecule has 0 aliphatic carbocycles. The first kappa shape index (κ1) is 19.6. The molecule has 0 fully saturated rings. The van der Waals surface area contributed by atoms with Crippen LogP contribution in [0.4, 0.5) is 5.82 Å². The fourth-order valence-electron chi connectivity index (χ4n) is 3.56. The number of hydrogen-bond donors (Lipinski definition) is 2. The monoisotopic (exact) mass is 397 g/mol. The van der Waals surface area contributed by atoms with Crippen molar-refractivity contribution in [3.8, 4) is 5.69 Å². The lowest BCUT2D eigenvalue weighted by atomic mass is 9.99. The second-order valence-corrected chi connectivity index (χ2v) is 7.21. The number of hydrogen-bond acceptors (Lipinski definition) is 2. The van der Waals surface area contributed by atoms with Crippen molar-refractivity contribution in [1.29, 1.82) is 0 Å². The lowest BCUT2D eigenvalue weighted by Gasteiger charge is -2.16. The van der Waals surface area contributed by atoms with Gasteiger partial charge in [0.1, 0.15) is 11.9 Å². The van der Waals surface area contributed by atoms with Gasteiger partial charge in [0.15, 0.2) is 6.54 Å². The van der Waals surface area contributed by atoms with Crippen molar-refractivity contribution >= 4 is 11.7 Å². The molecular formula is C25H25N4O+. The Morgan fingerprint density at radius 2 is 1.43 bits per heavy atom. The Bertz CT molecular complexity index is 1050. The molecule has 3 aromatic carbocycles. The van der Waals surface area contributed by atoms with Crippen molar-refractivity contribution in [1.82, 2.24) is 9.78 Å². The Labute approximate surface area is 176 Å². The maximum Gasteiger partial charge on any atom is 0.280 e. The lowest BCUT2D eigenvalue weighted by molar-refractivity contribution is -0.676. The highest BCUT2D eigenvalue weighted by Gasteiger charge is 2.19. The van der Waals surface area contributed by atoms with Crippen LogP contribution in [0.25, 0.3) is 5.69 Å². The van der Waals surface area contributed by atoms with Gasteiger partial charge in [-0.3, -0.25) is 4.79 Å². The maximum absolute atomic E-state index is 12.8. The van der Waals surface area contributed by atoms with Crippen LogP contribution in [-0.2, 0) is 4.79 Å². The van der Waals surface area contributed by atoms with Crippen LogP contribution in [0.2, 0.25) is 0 Å². The second-order valence-electron chi connectivity index (χ2n) is 7.21. The molecular weight excluding hydrogens is 372 g/mol. The van der Waals surface area contributed by atoms with Gasteiger partial charge >= 0.3 is 0 Å². The minimum Gasteiger partial charge on any atom is -0.328 e. The molecule has 0 bridgehead atoms. The minimum absolute atomic E-state index is 0.0546. The Hall–Kier alpha value is -3.70. The van der Waals surface area contributed by atoms with Crippen LogP contribution >= 0.6 is 0 Å². The van der Waals surface area contributed by atoms with Crippen LogP contribution < -0.4 is 10.6 Å². The van der Waals surface area contributed by atoms with Gasteiger partial charge in [0, 0.05) is 17.2 Å². The number of nitrogens with two attached hydrogens (primary N) is 1. The van der Waals surface area contributed by atoms with Crippen LogP contribution in [0.1, 0.15) is 22.9 Å². The van der Waals surface area contributed by atoms with E-state index in [0.717, 1.165) is 11.4 Å². The van der Waals surface area contributed by atoms with Crippen molar-refractivity contribution in [3.63, 3.8) is 0 Å². The summed E-state index contributed by atoms with van der Waals surface area (Å²) in [6.45, 7) is 2.22. The van der Waals surface area contributed by atoms with Gasteiger partial charge in [-0.15, -0.1) is 0 Å². The zero-order valence-corrected chi connectivity index (χ0v) is 16.9. The molecule has 30 heavy (non-hydrogen) atoms. The van der Waals surface area contributed by atoms with Gasteiger partial charge in [-0.05, 0) is 19.1 Å². The molecule has 4 rings (SSSR count). The summed E-state index contributed by atoms with van der Waals surface area (Å²) >= 11 is 0. The fourth-order valence-corrected chi connectivity index (χ4v) is 3.56. The van der Waals surface area contributed by atoms with E-state index in [1.54, 1.807) is 4.68 Å². The van der Waals surface area contributed by atoms with Crippen molar-refractivity contribution in [2.45, 2.75) is 13.0 Å². The number of amides is 1. The first-order valence-electron chi connectivity index (χ1n) is 10.1. The summed E-state index contributed by atoms with van der Waals surface area (Å²) in [4.78, 5) is 12.8. The molecule has 0 spiro atoms. The number of benzene rings is 3. The van der Waals surface area contributed by atoms with Crippen LogP contribution in [0.15, 0.2) is 97.1 Å². The highest BCUT2D eigenvalue weighted by Crippen LogP contribution is 2.18. The molecule has 1 aromatic heterocycles. The maximum atomic E-state index is 12.8. The number of anilines is 1. The Morgan fingerprint density at radius 3 is 2.00 bits per heavy atom. The van der Waals surface area contributed by atoms with Gasteiger partial charge in [0.05, 0.1) is 11.4 Å². The van der Waals surface area contributed by atoms with E-state index < -0.39 is 0 Å². The zero-order valence-electron chi connectivity index (χ0n) is 16.9. The Kier molecular flexibility index (Phi) is 6.01. The van der Waals surface area contributed by atoms with Crippen LogP contribution in [0.3, 0.4) is 0 Å². The number of nitrogens with one attached hydrogen (secondary N) is 1. The van der Waals surface area contributed by atoms with Crippen LogP contribution in [0.5, 0.6) is 0 Å². The summed E-state index contributed by atoms with van der Waals surface area (Å²) in [5, 5.41) is 9.60. The zero-order chi connectivity index (χ0) is 20.8. The van der Waals surface area contributed by atoms with E-state index in [2.05, 4.69) is 40.0 Å². The van der Waals surface area contributed by atoms with Gasteiger partial charge in [-0.1, -0.05) is 78.9 Å². The molecule has 0 aliphatic rings. The number of carbonyl (C=O) groups is 1. The first-order chi connectivity index (χ1) is 14.7. The van der Waals surface area contributed by atoms with Gasteiger partial charge < -0.3 is 10.6 Å². The molecule has 0 saturated carbocycles. The average molecular weight is 398 g/mol. The Balaban J connectivity index is 1.49. The molecule has 150 valence electrons. The standard InChI is InChI=1S/C25H24N4O/c1-19-17-23(29(28-19)22-15-9-4-10-16-22)27-24(30)18-26-25(20-11-5-2-6-12-20)21-13-7-3-8-14-21/h2-17,25-26H,18H2,1H3,(H,27,30)/p+1. The predicted octanol–water partition coefficient (Wildman–Crippen LogP) is 3.47. The lowest BCUT2D eigenvalue weighted by Crippen LogP contribution is -2.87. The third kappa shape index (κ3) is 4.64. The molecule has 0 radical (unpaired) electrons. The summed E-state index contributed by atoms with van der Waals surface area (Å²) in [6.07, 6.45) is 0. The highest BCUT2D eigenvalue weighted by molar-refractivity contribution is 5.90. The molecule has 5 heteroatoms. The number of para-hydroxylation sites is 1. The van der Waals surface area contributed by atoms with Gasteiger partial charge in [-0.2, -0.15) is 5.10 Å². The van der Waals surface area contributed by atoms with E-state index in [1.165, 1.54) is 11.1 Å². The molecule has 0 unspecified atom stereocenters. The van der Waals surface area contributed by atoms with E-state index in [0.29, 0.717) is 12.4 Å². The highest BCUT2D eigenvalue weighted by atomic mass is 16.2. The van der Waals surface area contributed by atoms with Crippen LogP contribution in [-0.4, -0.2) is 22.2 Å². The average Bonchev–Trinajstić information content (AvgIpc) is 3.16. The van der Waals surface area contributed by atoms with Crippen molar-refractivity contribution in [3.05, 3.63) is 114 Å². The molecule has 4 aromatic rings. The molecule has 1 heterocycles. The first-order valence-corrected chi connectivity index (χ1v) is 10.1. The van der Waals surface area contributed by atoms with E-state index >= 15 is 0 Å². The number of carbonyl (C=O) groups excluding carboxylic acids is 1. The normalized spacial score (nSPS) is 10.9. The number of aromatic nitrogens is 2. The number of aryl methyl sites for hydroxylation is 1. The number of rotatable bonds is 7. The molecule has 1 amide bonds. The summed E-state index contributed by atoms with van der Waals surface area (Å²) < 4.78 is 1.76. The molecule has 0 aliphatic heterocycles. The number of nitrogens with zero attached hydrogens (tertiary/aromatic N) is 2. The largest absolute Gasteiger partial charge is 0.328 e. The third-order valence-electron chi connectivity index (χ3n) is 4.96. The van der Waals surface area contributed by atoms with Crippen molar-refractivity contribution < 1.29 is 10.1 Å². The summed E-state index contributed by atoms with van der Waals surface area (Å²) in [7, 11) is 0. The second kappa shape index (κ2) is 9.20. The predicted molar refractivity (Wildman–Crippen MR) is 118 cm³/mol. The summed E-state index contributed by atoms with van der Waals surface area (Å²) in [5.74, 6) is 0.608. The van der Waals surface area contributed by atoms with Crippen LogP contribution in [0, 0.1) is 6.92 Å². The van der Waals surface area contributed by atoms with E-state index in [4.69, 9.17) is 0 Å². The number of quaternary nitrogens is 1. The molecule has 0 saturated heterocycles. The van der Waals surface area contributed by atoms with Crippen molar-refractivity contribution in [2.24, 2.45) is 0 Å². The SMILES string of the molecule is Cc1cc(NC(=O)C[NH2+]C(c2ccccc2)c2ccccc2)n(-c2ccccc2)n1. The Morgan fingerprint density at radius 1 is 0.900 bits per heavy atom. The summed E-state index contributed by atoms with van der Waals surface area (Å²) in [5.41, 5.74) is 4.10. The van der Waals surface area contributed by atoms with E-state index in [-0.39, 0.29) is 11.9 Å². The summed E-state index contributed by atoms with van der Waals surface area (Å²) in [6, 6.07) is 32.3. The van der Waals surface area contributed by atoms with Gasteiger partial charge in [-0.25, -0.2) is 4.68 Å². The smallest absolute Gasteiger partial charge is 0.280 e. The minimum atomic E-state index is -0.0658. The van der Waals surface area contributed by atoms with Gasteiger partial charge in [0.25, 0.3) is 5.91 Å². The fraction of sp³-hybridized carbons (Fsp3) is 0.120. The topological polar surface area (TPSA) is 63.5 Å². The van der Waals surface area contributed by atoms with E-state index in [1.807, 2.05) is 79.7 Å². The van der Waals surface area contributed by atoms with Crippen molar-refractivity contribution in [2.75, 3.05) is 11.9 Å². The molecule has 3 N–H and O–H groups in total. The third-order valence-corrected chi connectivity index (χ3v) is 4.96. The molecule has 5 nitrogen and oxygen atoms in total. The quantitative estimate of drug-likeness (QED) is 0.502. The van der Waals surface area contributed by atoms with Gasteiger partial charge in [0.2, 0.25) is 0 Å².